The zero-order valence-electron chi connectivity index (χ0n) is 9.31. The molecule has 0 bridgehead atoms. The summed E-state index contributed by atoms with van der Waals surface area (Å²) in [5, 5.41) is 6.08. The average Bonchev–Trinajstić information content (AvgIpc) is 2.87. The second-order valence-corrected chi connectivity index (χ2v) is 5.19. The van der Waals surface area contributed by atoms with Crippen LogP contribution >= 0.6 is 11.5 Å². The molecule has 1 aromatic heterocycles. The molecule has 2 aromatic rings. The van der Waals surface area contributed by atoms with E-state index in [2.05, 4.69) is 39.8 Å². The van der Waals surface area contributed by atoms with E-state index in [9.17, 15) is 0 Å². The minimum Gasteiger partial charge on any atom is -0.371 e. The van der Waals surface area contributed by atoms with E-state index in [-0.39, 0.29) is 0 Å². The first-order chi connectivity index (χ1) is 7.83. The van der Waals surface area contributed by atoms with Crippen molar-refractivity contribution in [3.8, 4) is 0 Å². The molecular formula is C12H15N3S. The Bertz CT molecular complexity index is 494. The smallest absolute Gasteiger partial charge is 0.117 e. The highest BCUT2D eigenvalue weighted by Gasteiger charge is 2.20. The number of hydrogen-bond donors (Lipinski definition) is 1. The van der Waals surface area contributed by atoms with Gasteiger partial charge in [-0.15, -0.1) is 0 Å². The van der Waals surface area contributed by atoms with Gasteiger partial charge in [-0.25, -0.2) is 0 Å². The minimum absolute atomic E-state index is 0.578. The Morgan fingerprint density at radius 1 is 1.44 bits per heavy atom. The molecule has 84 valence electrons. The van der Waals surface area contributed by atoms with E-state index in [4.69, 9.17) is 0 Å². The lowest BCUT2D eigenvalue weighted by atomic mass is 10.2. The molecule has 1 fully saturated rings. The number of likely N-dealkylation sites (N-methyl/N-ethyl adjacent to an activating group) is 1. The van der Waals surface area contributed by atoms with Gasteiger partial charge in [0.1, 0.15) is 5.00 Å². The first-order valence-electron chi connectivity index (χ1n) is 5.62. The maximum Gasteiger partial charge on any atom is 0.117 e. The number of nitrogens with zero attached hydrogens (tertiary/aromatic N) is 2. The SMILES string of the molecule is CN1CCC(Nc2snc3ccccc23)C1. The Hall–Kier alpha value is -1.13. The van der Waals surface area contributed by atoms with Crippen molar-refractivity contribution in [2.75, 3.05) is 25.5 Å². The summed E-state index contributed by atoms with van der Waals surface area (Å²) >= 11 is 1.57. The van der Waals surface area contributed by atoms with Crippen LogP contribution in [-0.4, -0.2) is 35.5 Å². The number of hydrogen-bond acceptors (Lipinski definition) is 4. The molecule has 1 aromatic carbocycles. The van der Waals surface area contributed by atoms with Crippen molar-refractivity contribution >= 4 is 27.4 Å². The van der Waals surface area contributed by atoms with Crippen LogP contribution in [-0.2, 0) is 0 Å². The number of anilines is 1. The summed E-state index contributed by atoms with van der Waals surface area (Å²) in [5.41, 5.74) is 1.10. The van der Waals surface area contributed by atoms with Gasteiger partial charge in [0.05, 0.1) is 5.52 Å². The lowest BCUT2D eigenvalue weighted by Gasteiger charge is -2.12. The van der Waals surface area contributed by atoms with Crippen molar-refractivity contribution in [3.63, 3.8) is 0 Å². The van der Waals surface area contributed by atoms with Crippen LogP contribution in [0.15, 0.2) is 24.3 Å². The second kappa shape index (κ2) is 4.03. The Morgan fingerprint density at radius 3 is 3.12 bits per heavy atom. The molecule has 3 nitrogen and oxygen atoms in total. The van der Waals surface area contributed by atoms with Crippen molar-refractivity contribution in [2.45, 2.75) is 12.5 Å². The molecule has 0 saturated carbocycles. The topological polar surface area (TPSA) is 28.2 Å². The summed E-state index contributed by atoms with van der Waals surface area (Å²) in [5.74, 6) is 0. The number of nitrogens with one attached hydrogen (secondary N) is 1. The van der Waals surface area contributed by atoms with Crippen molar-refractivity contribution in [1.29, 1.82) is 0 Å². The maximum absolute atomic E-state index is 4.45. The van der Waals surface area contributed by atoms with E-state index in [1.54, 1.807) is 11.5 Å². The zero-order chi connectivity index (χ0) is 11.0. The van der Waals surface area contributed by atoms with Crippen LogP contribution in [0.1, 0.15) is 6.42 Å². The third-order valence-corrected chi connectivity index (χ3v) is 3.92. The van der Waals surface area contributed by atoms with E-state index in [1.807, 2.05) is 6.07 Å². The Morgan fingerprint density at radius 2 is 2.31 bits per heavy atom. The standard InChI is InChI=1S/C12H15N3S/c1-15-7-6-9(8-15)13-12-10-4-2-3-5-11(10)14-16-12/h2-5,9,13H,6-8H2,1H3. The van der Waals surface area contributed by atoms with Gasteiger partial charge in [0.15, 0.2) is 0 Å². The predicted molar refractivity (Wildman–Crippen MR) is 69.1 cm³/mol. The molecule has 0 radical (unpaired) electrons. The summed E-state index contributed by atoms with van der Waals surface area (Å²) in [6.07, 6.45) is 1.22. The van der Waals surface area contributed by atoms with E-state index < -0.39 is 0 Å². The van der Waals surface area contributed by atoms with Crippen molar-refractivity contribution in [1.82, 2.24) is 9.27 Å². The lowest BCUT2D eigenvalue weighted by Crippen LogP contribution is -2.23. The van der Waals surface area contributed by atoms with Crippen molar-refractivity contribution < 1.29 is 0 Å². The average molecular weight is 233 g/mol. The van der Waals surface area contributed by atoms with Crippen LogP contribution in [0.25, 0.3) is 10.9 Å². The molecule has 0 spiro atoms. The number of rotatable bonds is 2. The summed E-state index contributed by atoms with van der Waals surface area (Å²) in [4.78, 5) is 2.36. The van der Waals surface area contributed by atoms with Gasteiger partial charge in [-0.05, 0) is 43.7 Å². The zero-order valence-corrected chi connectivity index (χ0v) is 10.1. The Balaban J connectivity index is 1.84. The third kappa shape index (κ3) is 1.79. The highest BCUT2D eigenvalue weighted by atomic mass is 32.1. The van der Waals surface area contributed by atoms with Gasteiger partial charge < -0.3 is 10.2 Å². The summed E-state index contributed by atoms with van der Waals surface area (Å²) in [6.45, 7) is 2.32. The molecule has 0 amide bonds. The molecule has 3 rings (SSSR count). The minimum atomic E-state index is 0.578. The second-order valence-electron chi connectivity index (χ2n) is 4.42. The molecule has 0 aliphatic carbocycles. The Labute approximate surface area is 99.2 Å². The third-order valence-electron chi connectivity index (χ3n) is 3.11. The van der Waals surface area contributed by atoms with Crippen LogP contribution < -0.4 is 5.32 Å². The van der Waals surface area contributed by atoms with E-state index in [1.165, 1.54) is 23.4 Å². The van der Waals surface area contributed by atoms with Crippen molar-refractivity contribution in [2.24, 2.45) is 0 Å². The van der Waals surface area contributed by atoms with Gasteiger partial charge in [-0.3, -0.25) is 0 Å². The highest BCUT2D eigenvalue weighted by molar-refractivity contribution is 7.11. The monoisotopic (exact) mass is 233 g/mol. The molecule has 1 saturated heterocycles. The van der Waals surface area contributed by atoms with E-state index >= 15 is 0 Å². The van der Waals surface area contributed by atoms with Gasteiger partial charge >= 0.3 is 0 Å². The fourth-order valence-electron chi connectivity index (χ4n) is 2.23. The van der Waals surface area contributed by atoms with Gasteiger partial charge in [-0.2, -0.15) is 4.37 Å². The first-order valence-corrected chi connectivity index (χ1v) is 6.40. The molecule has 1 aliphatic heterocycles. The van der Waals surface area contributed by atoms with Gasteiger partial charge in [0, 0.05) is 18.0 Å². The fourth-order valence-corrected chi connectivity index (χ4v) is 3.07. The van der Waals surface area contributed by atoms with E-state index in [0.717, 1.165) is 12.1 Å². The Kier molecular flexibility index (Phi) is 2.53. The number of fused-ring (bicyclic) bond motifs is 1. The van der Waals surface area contributed by atoms with Crippen LogP contribution in [0, 0.1) is 0 Å². The molecule has 2 heterocycles. The predicted octanol–water partition coefficient (Wildman–Crippen LogP) is 2.41. The van der Waals surface area contributed by atoms with Crippen LogP contribution in [0.4, 0.5) is 5.00 Å². The highest BCUT2D eigenvalue weighted by Crippen LogP contribution is 2.28. The number of benzene rings is 1. The normalized spacial score (nSPS) is 21.7. The fraction of sp³-hybridized carbons (Fsp3) is 0.417. The molecule has 1 N–H and O–H groups in total. The van der Waals surface area contributed by atoms with Crippen LogP contribution in [0.5, 0.6) is 0 Å². The van der Waals surface area contributed by atoms with Gasteiger partial charge in [-0.1, -0.05) is 12.1 Å². The molecule has 1 aliphatic rings. The summed E-state index contributed by atoms with van der Waals surface area (Å²) < 4.78 is 4.45. The molecular weight excluding hydrogens is 218 g/mol. The maximum atomic E-state index is 4.45. The van der Waals surface area contributed by atoms with Crippen molar-refractivity contribution in [3.05, 3.63) is 24.3 Å². The summed E-state index contributed by atoms with van der Waals surface area (Å²) in [6, 6.07) is 8.89. The van der Waals surface area contributed by atoms with Gasteiger partial charge in [0.25, 0.3) is 0 Å². The quantitative estimate of drug-likeness (QED) is 0.863. The first kappa shape index (κ1) is 10.1. The lowest BCUT2D eigenvalue weighted by molar-refractivity contribution is 0.414. The number of aromatic nitrogens is 1. The molecule has 16 heavy (non-hydrogen) atoms. The van der Waals surface area contributed by atoms with Crippen LogP contribution in [0.2, 0.25) is 0 Å². The van der Waals surface area contributed by atoms with Gasteiger partial charge in [0.2, 0.25) is 0 Å². The van der Waals surface area contributed by atoms with Crippen LogP contribution in [0.3, 0.4) is 0 Å². The number of likely N-dealkylation sites (tertiary alicyclic amines) is 1. The molecule has 4 heteroatoms. The largest absolute Gasteiger partial charge is 0.371 e. The summed E-state index contributed by atoms with van der Waals surface area (Å²) in [7, 11) is 2.17. The van der Waals surface area contributed by atoms with E-state index in [0.29, 0.717) is 6.04 Å². The molecule has 1 unspecified atom stereocenters. The molecule has 1 atom stereocenters.